The van der Waals surface area contributed by atoms with Crippen LogP contribution in [-0.2, 0) is 17.6 Å². The number of Topliss-reactive ketones (excluding diaryl/α,β-unsaturated/α-hetero) is 1. The number of benzene rings is 1. The van der Waals surface area contributed by atoms with E-state index in [4.69, 9.17) is 5.73 Å². The zero-order valence-corrected chi connectivity index (χ0v) is 13.6. The van der Waals surface area contributed by atoms with E-state index in [1.165, 1.54) is 36.8 Å². The first-order valence-electron chi connectivity index (χ1n) is 8.81. The van der Waals surface area contributed by atoms with Gasteiger partial charge < -0.3 is 11.1 Å². The van der Waals surface area contributed by atoms with Gasteiger partial charge in [-0.05, 0) is 61.6 Å². The van der Waals surface area contributed by atoms with Crippen LogP contribution in [0.25, 0.3) is 0 Å². The fourth-order valence-corrected chi connectivity index (χ4v) is 3.29. The average molecular weight is 314 g/mol. The van der Waals surface area contributed by atoms with Gasteiger partial charge in [-0.1, -0.05) is 12.1 Å². The fraction of sp³-hybridized carbons (Fsp3) is 0.579. The largest absolute Gasteiger partial charge is 0.355 e. The lowest BCUT2D eigenvalue weighted by atomic mass is 9.89. The summed E-state index contributed by atoms with van der Waals surface area (Å²) in [5.74, 6) is 0.555. The molecule has 0 aromatic heterocycles. The van der Waals surface area contributed by atoms with Gasteiger partial charge in [0.1, 0.15) is 0 Å². The highest BCUT2D eigenvalue weighted by atomic mass is 16.2. The third kappa shape index (κ3) is 4.41. The molecule has 1 atom stereocenters. The molecule has 1 aromatic carbocycles. The van der Waals surface area contributed by atoms with Gasteiger partial charge in [-0.2, -0.15) is 0 Å². The molecule has 0 aliphatic heterocycles. The second-order valence-corrected chi connectivity index (χ2v) is 6.92. The smallest absolute Gasteiger partial charge is 0.220 e. The summed E-state index contributed by atoms with van der Waals surface area (Å²) in [6.07, 6.45) is 7.49. The lowest BCUT2D eigenvalue weighted by Crippen LogP contribution is -2.38. The van der Waals surface area contributed by atoms with Crippen LogP contribution >= 0.6 is 0 Å². The maximum Gasteiger partial charge on any atom is 0.220 e. The molecular formula is C19H26N2O2. The number of carbonyl (C=O) groups is 2. The van der Waals surface area contributed by atoms with Crippen molar-refractivity contribution in [1.29, 1.82) is 0 Å². The van der Waals surface area contributed by atoms with Crippen LogP contribution in [0.2, 0.25) is 0 Å². The topological polar surface area (TPSA) is 72.2 Å². The Labute approximate surface area is 137 Å². The van der Waals surface area contributed by atoms with E-state index in [-0.39, 0.29) is 30.6 Å². The van der Waals surface area contributed by atoms with E-state index in [0.717, 1.165) is 18.4 Å². The zero-order chi connectivity index (χ0) is 16.2. The molecule has 0 bridgehead atoms. The Bertz CT molecular complexity index is 593. The van der Waals surface area contributed by atoms with Gasteiger partial charge in [0, 0.05) is 31.0 Å². The van der Waals surface area contributed by atoms with Gasteiger partial charge in [0.15, 0.2) is 5.78 Å². The van der Waals surface area contributed by atoms with E-state index in [0.29, 0.717) is 12.5 Å². The minimum Gasteiger partial charge on any atom is -0.355 e. The molecule has 4 nitrogen and oxygen atoms in total. The Morgan fingerprint density at radius 3 is 2.61 bits per heavy atom. The van der Waals surface area contributed by atoms with E-state index in [1.54, 1.807) is 0 Å². The Morgan fingerprint density at radius 2 is 1.87 bits per heavy atom. The van der Waals surface area contributed by atoms with Crippen molar-refractivity contribution in [3.05, 3.63) is 34.9 Å². The van der Waals surface area contributed by atoms with Crippen molar-refractivity contribution in [2.75, 3.05) is 6.54 Å². The van der Waals surface area contributed by atoms with Crippen molar-refractivity contribution >= 4 is 11.7 Å². The molecule has 23 heavy (non-hydrogen) atoms. The Hall–Kier alpha value is -1.68. The first kappa shape index (κ1) is 16.2. The zero-order valence-electron chi connectivity index (χ0n) is 13.6. The molecule has 0 spiro atoms. The highest BCUT2D eigenvalue weighted by Crippen LogP contribution is 2.31. The highest BCUT2D eigenvalue weighted by molar-refractivity contribution is 5.98. The molecule has 2 aliphatic rings. The first-order valence-corrected chi connectivity index (χ1v) is 8.81. The van der Waals surface area contributed by atoms with Crippen molar-refractivity contribution in [2.24, 2.45) is 11.7 Å². The molecule has 124 valence electrons. The third-order valence-electron chi connectivity index (χ3n) is 5.01. The fourth-order valence-electron chi connectivity index (χ4n) is 3.29. The number of nitrogens with one attached hydrogen (secondary N) is 1. The summed E-state index contributed by atoms with van der Waals surface area (Å²) >= 11 is 0. The van der Waals surface area contributed by atoms with Crippen molar-refractivity contribution in [3.8, 4) is 0 Å². The van der Waals surface area contributed by atoms with E-state index < -0.39 is 0 Å². The third-order valence-corrected chi connectivity index (χ3v) is 5.01. The monoisotopic (exact) mass is 314 g/mol. The van der Waals surface area contributed by atoms with Gasteiger partial charge >= 0.3 is 0 Å². The van der Waals surface area contributed by atoms with E-state index in [1.807, 2.05) is 12.1 Å². The summed E-state index contributed by atoms with van der Waals surface area (Å²) in [4.78, 5) is 24.1. The van der Waals surface area contributed by atoms with Crippen LogP contribution in [0.5, 0.6) is 0 Å². The molecular weight excluding hydrogens is 288 g/mol. The summed E-state index contributed by atoms with van der Waals surface area (Å²) in [6, 6.07) is 6.08. The van der Waals surface area contributed by atoms with Gasteiger partial charge in [0.25, 0.3) is 0 Å². The summed E-state index contributed by atoms with van der Waals surface area (Å²) in [5.41, 5.74) is 9.38. The second-order valence-electron chi connectivity index (χ2n) is 6.92. The molecule has 3 rings (SSSR count). The molecule has 0 heterocycles. The number of fused-ring (bicyclic) bond motifs is 1. The number of rotatable bonds is 7. The lowest BCUT2D eigenvalue weighted by molar-refractivity contribution is -0.121. The minimum atomic E-state index is -0.0765. The Balaban J connectivity index is 1.46. The van der Waals surface area contributed by atoms with Gasteiger partial charge in [-0.25, -0.2) is 0 Å². The maximum atomic E-state index is 12.3. The SMILES string of the molecule is NC(CNC(=O)CCC(=O)c1ccc2c(c1)CCCC2)C1CC1. The summed E-state index contributed by atoms with van der Waals surface area (Å²) in [6.45, 7) is 0.524. The van der Waals surface area contributed by atoms with Crippen molar-refractivity contribution in [1.82, 2.24) is 5.32 Å². The van der Waals surface area contributed by atoms with Crippen molar-refractivity contribution in [2.45, 2.75) is 57.4 Å². The predicted octanol–water partition coefficient (Wildman–Crippen LogP) is 2.38. The average Bonchev–Trinajstić information content (AvgIpc) is 3.42. The minimum absolute atomic E-state index is 0.0556. The van der Waals surface area contributed by atoms with Crippen LogP contribution in [0.15, 0.2) is 18.2 Å². The molecule has 1 fully saturated rings. The molecule has 0 radical (unpaired) electrons. The quantitative estimate of drug-likeness (QED) is 0.759. The summed E-state index contributed by atoms with van der Waals surface area (Å²) < 4.78 is 0. The molecule has 1 saturated carbocycles. The van der Waals surface area contributed by atoms with Crippen LogP contribution in [0.1, 0.15) is 60.0 Å². The molecule has 1 amide bonds. The highest BCUT2D eigenvalue weighted by Gasteiger charge is 2.28. The number of hydrogen-bond donors (Lipinski definition) is 2. The lowest BCUT2D eigenvalue weighted by Gasteiger charge is -2.16. The van der Waals surface area contributed by atoms with Gasteiger partial charge in [-0.15, -0.1) is 0 Å². The van der Waals surface area contributed by atoms with Crippen LogP contribution in [-0.4, -0.2) is 24.3 Å². The van der Waals surface area contributed by atoms with Gasteiger partial charge in [-0.3, -0.25) is 9.59 Å². The second kappa shape index (κ2) is 7.26. The van der Waals surface area contributed by atoms with E-state index >= 15 is 0 Å². The van der Waals surface area contributed by atoms with E-state index in [9.17, 15) is 9.59 Å². The number of ketones is 1. The number of nitrogens with two attached hydrogens (primary N) is 1. The molecule has 1 aromatic rings. The Kier molecular flexibility index (Phi) is 5.11. The van der Waals surface area contributed by atoms with Crippen LogP contribution in [0.3, 0.4) is 0 Å². The number of hydrogen-bond acceptors (Lipinski definition) is 3. The van der Waals surface area contributed by atoms with Crippen molar-refractivity contribution in [3.63, 3.8) is 0 Å². The maximum absolute atomic E-state index is 12.3. The van der Waals surface area contributed by atoms with Gasteiger partial charge in [0.05, 0.1) is 0 Å². The molecule has 4 heteroatoms. The predicted molar refractivity (Wildman–Crippen MR) is 90.4 cm³/mol. The van der Waals surface area contributed by atoms with Crippen LogP contribution in [0.4, 0.5) is 0 Å². The van der Waals surface area contributed by atoms with E-state index in [2.05, 4.69) is 11.4 Å². The normalized spacial score (nSPS) is 18.1. The molecule has 2 aliphatic carbocycles. The Morgan fingerprint density at radius 1 is 1.13 bits per heavy atom. The number of aryl methyl sites for hydroxylation is 2. The van der Waals surface area contributed by atoms with Crippen molar-refractivity contribution < 1.29 is 9.59 Å². The first-order chi connectivity index (χ1) is 11.1. The standard InChI is InChI=1S/C19H26N2O2/c20-17(14-6-7-14)12-21-19(23)10-9-18(22)16-8-5-13-3-1-2-4-15(13)11-16/h5,8,11,14,17H,1-4,6-7,9-10,12,20H2,(H,21,23). The van der Waals surface area contributed by atoms with Crippen LogP contribution in [0, 0.1) is 5.92 Å². The summed E-state index contributed by atoms with van der Waals surface area (Å²) in [5, 5.41) is 2.84. The van der Waals surface area contributed by atoms with Crippen LogP contribution < -0.4 is 11.1 Å². The molecule has 0 saturated heterocycles. The summed E-state index contributed by atoms with van der Waals surface area (Å²) in [7, 11) is 0. The van der Waals surface area contributed by atoms with Gasteiger partial charge in [0.2, 0.25) is 5.91 Å². The number of amides is 1. The molecule has 1 unspecified atom stereocenters. The molecule has 3 N–H and O–H groups in total. The number of carbonyl (C=O) groups excluding carboxylic acids is 2.